The quantitative estimate of drug-likeness (QED) is 0.719. The summed E-state index contributed by atoms with van der Waals surface area (Å²) in [6.45, 7) is 7.13. The Balaban J connectivity index is 1.31. The number of hydrogen-bond acceptors (Lipinski definition) is 5. The molecule has 1 unspecified atom stereocenters. The molecule has 0 radical (unpaired) electrons. The van der Waals surface area contributed by atoms with Crippen LogP contribution in [-0.4, -0.2) is 58.7 Å². The molecule has 172 valence electrons. The van der Waals surface area contributed by atoms with E-state index in [2.05, 4.69) is 40.7 Å². The first-order valence-corrected chi connectivity index (χ1v) is 12.2. The average Bonchev–Trinajstić information content (AvgIpc) is 3.11. The number of nitrogens with one attached hydrogen (secondary N) is 2. The lowest BCUT2D eigenvalue weighted by molar-refractivity contribution is -0.134. The average molecular weight is 438 g/mol. The number of benzene rings is 1. The summed E-state index contributed by atoms with van der Waals surface area (Å²) in [5, 5.41) is 11.7. The minimum Gasteiger partial charge on any atom is -0.317 e. The van der Waals surface area contributed by atoms with Crippen LogP contribution in [0.3, 0.4) is 0 Å². The van der Waals surface area contributed by atoms with Crippen LogP contribution >= 0.6 is 0 Å². The minimum atomic E-state index is -0.347. The molecule has 3 saturated heterocycles. The molecule has 3 aliphatic heterocycles. The molecule has 2 amide bonds. The Labute approximate surface area is 189 Å². The molecule has 0 spiro atoms. The van der Waals surface area contributed by atoms with E-state index in [1.54, 1.807) is 0 Å². The van der Waals surface area contributed by atoms with Crippen LogP contribution in [-0.2, 0) is 16.6 Å². The van der Waals surface area contributed by atoms with Gasteiger partial charge in [0.25, 0.3) is 0 Å². The number of rotatable bonds is 4. The molecule has 1 aromatic carbocycles. The second-order valence-corrected chi connectivity index (χ2v) is 10.0. The topological polar surface area (TPSA) is 79.3 Å². The van der Waals surface area contributed by atoms with E-state index in [0.29, 0.717) is 24.8 Å². The molecule has 3 fully saturated rings. The van der Waals surface area contributed by atoms with Crippen LogP contribution in [0.15, 0.2) is 18.2 Å². The fourth-order valence-electron chi connectivity index (χ4n) is 5.96. The molecule has 7 nitrogen and oxygen atoms in total. The summed E-state index contributed by atoms with van der Waals surface area (Å²) in [6.07, 6.45) is 5.90. The van der Waals surface area contributed by atoms with Crippen LogP contribution in [0.1, 0.15) is 68.5 Å². The molecule has 2 N–H and O–H groups in total. The standard InChI is InChI=1S/C25H35N5O2/c1-16-13-19(9-12-30(16)15-17-7-10-26-11-8-17)18-3-4-20-22(14-18)29(2)28-24(20)21-5-6-23(31)27-25(21)32/h3-4,14,16-17,19,21,26H,5-13,15H2,1-2H3,(H,27,31,32)/t16-,19-,21?/m1/s1. The van der Waals surface area contributed by atoms with Gasteiger partial charge in [-0.3, -0.25) is 19.6 Å². The Morgan fingerprint density at radius 3 is 2.69 bits per heavy atom. The third-order valence-electron chi connectivity index (χ3n) is 7.91. The molecule has 5 rings (SSSR count). The minimum absolute atomic E-state index is 0.186. The molecule has 3 aliphatic rings. The van der Waals surface area contributed by atoms with Crippen molar-refractivity contribution in [3.63, 3.8) is 0 Å². The number of imide groups is 1. The van der Waals surface area contributed by atoms with Gasteiger partial charge in [0.2, 0.25) is 11.8 Å². The first kappa shape index (κ1) is 21.6. The van der Waals surface area contributed by atoms with E-state index in [4.69, 9.17) is 5.10 Å². The molecule has 3 atom stereocenters. The lowest BCUT2D eigenvalue weighted by Crippen LogP contribution is -2.44. The number of carbonyl (C=O) groups excluding carboxylic acids is 2. The lowest BCUT2D eigenvalue weighted by atomic mass is 9.84. The van der Waals surface area contributed by atoms with E-state index in [0.717, 1.165) is 22.5 Å². The van der Waals surface area contributed by atoms with Crippen LogP contribution in [0, 0.1) is 5.92 Å². The molecule has 2 aromatic rings. The van der Waals surface area contributed by atoms with E-state index >= 15 is 0 Å². The van der Waals surface area contributed by atoms with Crippen molar-refractivity contribution in [1.82, 2.24) is 25.3 Å². The Hall–Kier alpha value is -2.25. The highest BCUT2D eigenvalue weighted by Crippen LogP contribution is 2.36. The highest BCUT2D eigenvalue weighted by atomic mass is 16.2. The van der Waals surface area contributed by atoms with E-state index in [9.17, 15) is 9.59 Å². The zero-order valence-electron chi connectivity index (χ0n) is 19.3. The number of piperidine rings is 3. The van der Waals surface area contributed by atoms with E-state index in [1.807, 2.05) is 11.7 Å². The predicted molar refractivity (Wildman–Crippen MR) is 124 cm³/mol. The summed E-state index contributed by atoms with van der Waals surface area (Å²) in [5.41, 5.74) is 3.25. The Morgan fingerprint density at radius 2 is 1.94 bits per heavy atom. The number of aryl methyl sites for hydroxylation is 1. The smallest absolute Gasteiger partial charge is 0.235 e. The molecule has 7 heteroatoms. The van der Waals surface area contributed by atoms with Crippen molar-refractivity contribution in [3.8, 4) is 0 Å². The maximum atomic E-state index is 12.4. The second kappa shape index (κ2) is 8.94. The van der Waals surface area contributed by atoms with Gasteiger partial charge in [-0.25, -0.2) is 0 Å². The van der Waals surface area contributed by atoms with Gasteiger partial charge in [-0.15, -0.1) is 0 Å². The van der Waals surface area contributed by atoms with Gasteiger partial charge in [-0.1, -0.05) is 12.1 Å². The Kier molecular flexibility index (Phi) is 6.03. The van der Waals surface area contributed by atoms with Crippen LogP contribution < -0.4 is 10.6 Å². The maximum Gasteiger partial charge on any atom is 0.235 e. The van der Waals surface area contributed by atoms with Gasteiger partial charge in [-0.2, -0.15) is 5.10 Å². The lowest BCUT2D eigenvalue weighted by Gasteiger charge is -2.40. The molecular weight excluding hydrogens is 402 g/mol. The number of aromatic nitrogens is 2. The summed E-state index contributed by atoms with van der Waals surface area (Å²) in [4.78, 5) is 26.6. The number of likely N-dealkylation sites (tertiary alicyclic amines) is 1. The molecule has 1 aromatic heterocycles. The van der Waals surface area contributed by atoms with Crippen molar-refractivity contribution >= 4 is 22.7 Å². The number of nitrogens with zero attached hydrogens (tertiary/aromatic N) is 3. The van der Waals surface area contributed by atoms with Crippen molar-refractivity contribution in [2.45, 2.75) is 63.3 Å². The van der Waals surface area contributed by atoms with Crippen molar-refractivity contribution in [2.75, 3.05) is 26.2 Å². The van der Waals surface area contributed by atoms with Crippen molar-refractivity contribution in [3.05, 3.63) is 29.5 Å². The van der Waals surface area contributed by atoms with E-state index in [-0.39, 0.29) is 17.7 Å². The SMILES string of the molecule is C[C@@H]1C[C@H](c2ccc3c(C4CCC(=O)NC4=O)nn(C)c3c2)CCN1CC1CCNCC1. The number of hydrogen-bond donors (Lipinski definition) is 2. The van der Waals surface area contributed by atoms with Crippen LogP contribution in [0.5, 0.6) is 0 Å². The number of amides is 2. The summed E-state index contributed by atoms with van der Waals surface area (Å²) < 4.78 is 1.90. The van der Waals surface area contributed by atoms with Gasteiger partial charge in [0, 0.05) is 31.4 Å². The van der Waals surface area contributed by atoms with Crippen molar-refractivity contribution in [2.24, 2.45) is 13.0 Å². The monoisotopic (exact) mass is 437 g/mol. The predicted octanol–water partition coefficient (Wildman–Crippen LogP) is 2.66. The summed E-state index contributed by atoms with van der Waals surface area (Å²) in [6, 6.07) is 7.25. The normalized spacial score (nSPS) is 28.2. The maximum absolute atomic E-state index is 12.4. The van der Waals surface area contributed by atoms with Gasteiger partial charge in [0.1, 0.15) is 0 Å². The number of carbonyl (C=O) groups is 2. The van der Waals surface area contributed by atoms with Gasteiger partial charge >= 0.3 is 0 Å². The van der Waals surface area contributed by atoms with Crippen LogP contribution in [0.2, 0.25) is 0 Å². The Morgan fingerprint density at radius 1 is 1.12 bits per heavy atom. The van der Waals surface area contributed by atoms with Crippen molar-refractivity contribution < 1.29 is 9.59 Å². The summed E-state index contributed by atoms with van der Waals surface area (Å²) in [5.74, 6) is 0.648. The van der Waals surface area contributed by atoms with E-state index < -0.39 is 0 Å². The second-order valence-electron chi connectivity index (χ2n) is 10.0. The molecule has 0 saturated carbocycles. The fraction of sp³-hybridized carbons (Fsp3) is 0.640. The van der Waals surface area contributed by atoms with Gasteiger partial charge < -0.3 is 10.2 Å². The molecular formula is C25H35N5O2. The first-order chi connectivity index (χ1) is 15.5. The molecule has 0 aliphatic carbocycles. The molecule has 4 heterocycles. The number of fused-ring (bicyclic) bond motifs is 1. The van der Waals surface area contributed by atoms with Gasteiger partial charge in [0.15, 0.2) is 0 Å². The largest absolute Gasteiger partial charge is 0.317 e. The van der Waals surface area contributed by atoms with Crippen LogP contribution in [0.4, 0.5) is 0 Å². The third kappa shape index (κ3) is 4.20. The highest BCUT2D eigenvalue weighted by molar-refractivity contribution is 6.02. The summed E-state index contributed by atoms with van der Waals surface area (Å²) >= 11 is 0. The van der Waals surface area contributed by atoms with Crippen LogP contribution in [0.25, 0.3) is 10.9 Å². The van der Waals surface area contributed by atoms with Crippen molar-refractivity contribution in [1.29, 1.82) is 0 Å². The van der Waals surface area contributed by atoms with Gasteiger partial charge in [-0.05, 0) is 82.1 Å². The fourth-order valence-corrected chi connectivity index (χ4v) is 5.96. The van der Waals surface area contributed by atoms with E-state index in [1.165, 1.54) is 57.4 Å². The summed E-state index contributed by atoms with van der Waals surface area (Å²) in [7, 11) is 1.95. The first-order valence-electron chi connectivity index (χ1n) is 12.2. The third-order valence-corrected chi connectivity index (χ3v) is 7.91. The molecule has 0 bridgehead atoms. The Bertz CT molecular complexity index is 1010. The zero-order valence-corrected chi connectivity index (χ0v) is 19.3. The van der Waals surface area contributed by atoms with Gasteiger partial charge in [0.05, 0.1) is 17.1 Å². The zero-order chi connectivity index (χ0) is 22.2. The molecule has 32 heavy (non-hydrogen) atoms. The highest BCUT2D eigenvalue weighted by Gasteiger charge is 2.32.